The topological polar surface area (TPSA) is 43.4 Å². The van der Waals surface area contributed by atoms with E-state index in [2.05, 4.69) is 0 Å². The molecule has 0 saturated heterocycles. The lowest BCUT2D eigenvalue weighted by atomic mass is 10.1. The van der Waals surface area contributed by atoms with Crippen molar-refractivity contribution in [3.05, 3.63) is 28.8 Å². The van der Waals surface area contributed by atoms with Crippen molar-refractivity contribution in [2.24, 2.45) is 0 Å². The highest BCUT2D eigenvalue weighted by Gasteiger charge is 2.15. The summed E-state index contributed by atoms with van der Waals surface area (Å²) in [4.78, 5) is 22.6. The third kappa shape index (κ3) is 2.57. The van der Waals surface area contributed by atoms with E-state index in [1.807, 2.05) is 0 Å². The molecule has 0 bridgehead atoms. The predicted molar refractivity (Wildman–Crippen MR) is 57.6 cm³/mol. The lowest BCUT2D eigenvalue weighted by Gasteiger charge is -2.04. The van der Waals surface area contributed by atoms with Crippen molar-refractivity contribution in [2.45, 2.75) is 13.3 Å². The summed E-state index contributed by atoms with van der Waals surface area (Å²) < 4.78 is 4.94. The number of Topliss-reactive ketones (excluding diaryl/α,β-unsaturated/α-hetero) is 2. The first-order valence-electron chi connectivity index (χ1n) is 4.51. The van der Waals surface area contributed by atoms with Crippen LogP contribution in [0.4, 0.5) is 0 Å². The fraction of sp³-hybridized carbons (Fsp3) is 0.273. The summed E-state index contributed by atoms with van der Waals surface area (Å²) in [6, 6.07) is 4.54. The van der Waals surface area contributed by atoms with Gasteiger partial charge in [0.05, 0.1) is 12.1 Å². The van der Waals surface area contributed by atoms with Crippen LogP contribution in [0.15, 0.2) is 18.2 Å². The zero-order valence-electron chi connectivity index (χ0n) is 8.54. The van der Waals surface area contributed by atoms with Gasteiger partial charge in [0.2, 0.25) is 11.6 Å². The monoisotopic (exact) mass is 226 g/mol. The Balaban J connectivity index is 3.02. The average molecular weight is 227 g/mol. The summed E-state index contributed by atoms with van der Waals surface area (Å²) in [5.74, 6) is -0.449. The molecule has 1 aromatic carbocycles. The number of hydrogen-bond acceptors (Lipinski definition) is 3. The van der Waals surface area contributed by atoms with E-state index in [1.165, 1.54) is 19.2 Å². The molecule has 0 spiro atoms. The van der Waals surface area contributed by atoms with Gasteiger partial charge in [-0.05, 0) is 18.2 Å². The smallest absolute Gasteiger partial charge is 0.228 e. The number of ether oxygens (including phenoxy) is 1. The van der Waals surface area contributed by atoms with Gasteiger partial charge in [-0.25, -0.2) is 0 Å². The lowest BCUT2D eigenvalue weighted by Crippen LogP contribution is -2.12. The highest BCUT2D eigenvalue weighted by molar-refractivity contribution is 6.44. The third-order valence-electron chi connectivity index (χ3n) is 1.99. The van der Waals surface area contributed by atoms with E-state index < -0.39 is 11.6 Å². The van der Waals surface area contributed by atoms with Gasteiger partial charge in [0.25, 0.3) is 0 Å². The summed E-state index contributed by atoms with van der Waals surface area (Å²) >= 11 is 5.83. The van der Waals surface area contributed by atoms with E-state index in [0.29, 0.717) is 16.3 Å². The van der Waals surface area contributed by atoms with E-state index in [-0.39, 0.29) is 6.42 Å². The number of methoxy groups -OCH3 is 1. The van der Waals surface area contributed by atoms with E-state index in [4.69, 9.17) is 16.3 Å². The van der Waals surface area contributed by atoms with Crippen LogP contribution in [0, 0.1) is 0 Å². The maximum absolute atomic E-state index is 11.5. The van der Waals surface area contributed by atoms with Crippen LogP contribution in [0.25, 0.3) is 0 Å². The summed E-state index contributed by atoms with van der Waals surface area (Å²) in [5, 5.41) is 0.326. The molecule has 0 heterocycles. The van der Waals surface area contributed by atoms with Gasteiger partial charge in [-0.15, -0.1) is 0 Å². The lowest BCUT2D eigenvalue weighted by molar-refractivity contribution is -0.114. The maximum atomic E-state index is 11.5. The van der Waals surface area contributed by atoms with Crippen LogP contribution in [-0.4, -0.2) is 18.7 Å². The summed E-state index contributed by atoms with van der Waals surface area (Å²) in [5.41, 5.74) is 0.299. The molecule has 0 saturated carbocycles. The van der Waals surface area contributed by atoms with Crippen LogP contribution < -0.4 is 4.74 Å². The summed E-state index contributed by atoms with van der Waals surface area (Å²) in [6.45, 7) is 1.64. The van der Waals surface area contributed by atoms with Crippen molar-refractivity contribution in [3.8, 4) is 5.75 Å². The van der Waals surface area contributed by atoms with Crippen molar-refractivity contribution < 1.29 is 14.3 Å². The second-order valence-electron chi connectivity index (χ2n) is 2.96. The van der Waals surface area contributed by atoms with Crippen LogP contribution >= 0.6 is 11.6 Å². The summed E-state index contributed by atoms with van der Waals surface area (Å²) in [7, 11) is 1.49. The second-order valence-corrected chi connectivity index (χ2v) is 3.36. The first-order chi connectivity index (χ1) is 7.10. The fourth-order valence-corrected chi connectivity index (χ4v) is 1.39. The summed E-state index contributed by atoms with van der Waals surface area (Å²) in [6.07, 6.45) is 0.197. The second kappa shape index (κ2) is 4.94. The third-order valence-corrected chi connectivity index (χ3v) is 2.28. The normalized spacial score (nSPS) is 9.80. The van der Waals surface area contributed by atoms with Crippen LogP contribution in [0.2, 0.25) is 5.02 Å². The quantitative estimate of drug-likeness (QED) is 0.585. The van der Waals surface area contributed by atoms with Crippen LogP contribution in [0.1, 0.15) is 23.7 Å². The molecular formula is C11H11ClO3. The Bertz CT molecular complexity index is 399. The van der Waals surface area contributed by atoms with Gasteiger partial charge in [-0.1, -0.05) is 18.5 Å². The average Bonchev–Trinajstić information content (AvgIpc) is 2.26. The van der Waals surface area contributed by atoms with E-state index in [0.717, 1.165) is 0 Å². The maximum Gasteiger partial charge on any atom is 0.228 e. The number of benzene rings is 1. The molecule has 0 aliphatic heterocycles. The Morgan fingerprint density at radius 3 is 2.53 bits per heavy atom. The molecule has 1 rings (SSSR count). The Morgan fingerprint density at radius 1 is 1.40 bits per heavy atom. The first kappa shape index (κ1) is 11.7. The van der Waals surface area contributed by atoms with Gasteiger partial charge in [0, 0.05) is 12.0 Å². The first-order valence-corrected chi connectivity index (χ1v) is 4.89. The molecule has 15 heavy (non-hydrogen) atoms. The molecule has 0 fully saturated rings. The van der Waals surface area contributed by atoms with E-state index in [9.17, 15) is 9.59 Å². The molecule has 0 aliphatic carbocycles. The Kier molecular flexibility index (Phi) is 3.86. The minimum Gasteiger partial charge on any atom is -0.495 e. The molecule has 0 N–H and O–H groups in total. The number of ketones is 2. The Morgan fingerprint density at radius 2 is 2.07 bits per heavy atom. The number of halogens is 1. The SMILES string of the molecule is CCC(=O)C(=O)c1ccc(OC)c(Cl)c1. The molecule has 0 radical (unpaired) electrons. The van der Waals surface area contributed by atoms with Crippen molar-refractivity contribution in [2.75, 3.05) is 7.11 Å². The molecule has 1 aromatic rings. The number of hydrogen-bond donors (Lipinski definition) is 0. The predicted octanol–water partition coefficient (Wildman–Crippen LogP) is 2.51. The van der Waals surface area contributed by atoms with Gasteiger partial charge >= 0.3 is 0 Å². The molecule has 4 heteroatoms. The zero-order valence-corrected chi connectivity index (χ0v) is 9.30. The molecule has 0 atom stereocenters. The van der Waals surface area contributed by atoms with E-state index >= 15 is 0 Å². The largest absolute Gasteiger partial charge is 0.495 e. The van der Waals surface area contributed by atoms with Crippen molar-refractivity contribution in [3.63, 3.8) is 0 Å². The van der Waals surface area contributed by atoms with Gasteiger partial charge in [-0.2, -0.15) is 0 Å². The van der Waals surface area contributed by atoms with Crippen molar-refractivity contribution >= 4 is 23.2 Å². The van der Waals surface area contributed by atoms with E-state index in [1.54, 1.807) is 13.0 Å². The Hall–Kier alpha value is -1.35. The minimum absolute atomic E-state index is 0.197. The number of rotatable bonds is 4. The highest BCUT2D eigenvalue weighted by atomic mass is 35.5. The minimum atomic E-state index is -0.512. The van der Waals surface area contributed by atoms with Crippen LogP contribution in [-0.2, 0) is 4.79 Å². The molecule has 0 amide bonds. The number of carbonyl (C=O) groups is 2. The van der Waals surface area contributed by atoms with Crippen molar-refractivity contribution in [1.29, 1.82) is 0 Å². The Labute approximate surface area is 93.0 Å². The molecule has 80 valence electrons. The fourth-order valence-electron chi connectivity index (χ4n) is 1.13. The molecule has 0 aromatic heterocycles. The van der Waals surface area contributed by atoms with Gasteiger partial charge in [0.1, 0.15) is 5.75 Å². The molecular weight excluding hydrogens is 216 g/mol. The number of carbonyl (C=O) groups excluding carboxylic acids is 2. The van der Waals surface area contributed by atoms with Gasteiger partial charge < -0.3 is 4.74 Å². The molecule has 0 aliphatic rings. The van der Waals surface area contributed by atoms with Crippen LogP contribution in [0.5, 0.6) is 5.75 Å². The van der Waals surface area contributed by atoms with Crippen LogP contribution in [0.3, 0.4) is 0 Å². The van der Waals surface area contributed by atoms with Gasteiger partial charge in [0.15, 0.2) is 0 Å². The molecule has 3 nitrogen and oxygen atoms in total. The zero-order chi connectivity index (χ0) is 11.4. The molecule has 0 unspecified atom stereocenters. The van der Waals surface area contributed by atoms with Gasteiger partial charge in [-0.3, -0.25) is 9.59 Å². The van der Waals surface area contributed by atoms with Crippen molar-refractivity contribution in [1.82, 2.24) is 0 Å². The highest BCUT2D eigenvalue weighted by Crippen LogP contribution is 2.25. The standard InChI is InChI=1S/C11H11ClO3/c1-3-9(13)11(14)7-4-5-10(15-2)8(12)6-7/h4-6H,3H2,1-2H3.